The molecule has 1 heterocycles. The first kappa shape index (κ1) is 36.3. The summed E-state index contributed by atoms with van der Waals surface area (Å²) < 4.78 is 45.1. The molecule has 1 aliphatic carbocycles. The van der Waals surface area contributed by atoms with E-state index in [0.29, 0.717) is 90.3 Å². The molecule has 2 aliphatic rings. The van der Waals surface area contributed by atoms with Crippen LogP contribution in [0.2, 0.25) is 0 Å². The highest BCUT2D eigenvalue weighted by molar-refractivity contribution is 7.89. The zero-order valence-electron chi connectivity index (χ0n) is 26.8. The van der Waals surface area contributed by atoms with Crippen LogP contribution in [0.25, 0.3) is 33.4 Å². The molecule has 0 atom stereocenters. The Hall–Kier alpha value is -4.99. The second-order valence-electron chi connectivity index (χ2n) is 11.2. The Morgan fingerprint density at radius 1 is 0.920 bits per heavy atom. The van der Waals surface area contributed by atoms with E-state index in [-0.39, 0.29) is 35.1 Å². The van der Waals surface area contributed by atoms with E-state index in [1.807, 2.05) is 12.1 Å². The van der Waals surface area contributed by atoms with Gasteiger partial charge in [0, 0.05) is 59.3 Å². The third-order valence-electron chi connectivity index (χ3n) is 7.66. The minimum atomic E-state index is -3.82. The van der Waals surface area contributed by atoms with Crippen LogP contribution in [0.1, 0.15) is 28.8 Å². The lowest BCUT2D eigenvalue weighted by Gasteiger charge is -2.17. The highest BCUT2D eigenvalue weighted by Gasteiger charge is 2.21. The molecule has 0 fully saturated rings. The number of carbonyl (C=O) groups excluding carboxylic acids is 2. The van der Waals surface area contributed by atoms with Gasteiger partial charge >= 0.3 is 0 Å². The summed E-state index contributed by atoms with van der Waals surface area (Å²) in [6, 6.07) is 20.0. The first-order chi connectivity index (χ1) is 24.0. The number of carbonyl (C=O) groups is 2. The van der Waals surface area contributed by atoms with E-state index in [9.17, 15) is 27.9 Å². The van der Waals surface area contributed by atoms with Crippen LogP contribution in [0, 0.1) is 0 Å². The summed E-state index contributed by atoms with van der Waals surface area (Å²) in [5, 5.41) is 18.5. The molecule has 0 bridgehead atoms. The summed E-state index contributed by atoms with van der Waals surface area (Å²) >= 11 is 5.63. The highest BCUT2D eigenvalue weighted by atomic mass is 32.2. The Kier molecular flexibility index (Phi) is 12.1. The van der Waals surface area contributed by atoms with Gasteiger partial charge in [-0.1, -0.05) is 24.4 Å². The van der Waals surface area contributed by atoms with Gasteiger partial charge in [-0.15, -0.1) is 0 Å². The van der Waals surface area contributed by atoms with Gasteiger partial charge in [0.2, 0.25) is 10.0 Å². The van der Waals surface area contributed by atoms with Crippen molar-refractivity contribution in [2.24, 2.45) is 5.14 Å². The number of benzene rings is 4. The Bertz CT molecular complexity index is 2150. The average molecular weight is 719 g/mol. The molecular weight excluding hydrogens is 685 g/mol. The number of thiocarbonyl (C=S) groups is 1. The molecule has 3 aromatic rings. The van der Waals surface area contributed by atoms with Gasteiger partial charge in [-0.3, -0.25) is 14.4 Å². The summed E-state index contributed by atoms with van der Waals surface area (Å²) in [5.41, 5.74) is 3.24. The lowest BCUT2D eigenvalue weighted by Crippen LogP contribution is -2.27. The zero-order valence-corrected chi connectivity index (χ0v) is 28.4. The fourth-order valence-corrected chi connectivity index (χ4v) is 6.15. The zero-order chi connectivity index (χ0) is 35.7. The quantitative estimate of drug-likeness (QED) is 0.0528. The molecule has 0 saturated heterocycles. The van der Waals surface area contributed by atoms with E-state index < -0.39 is 10.0 Å². The number of amides is 1. The van der Waals surface area contributed by atoms with Crippen molar-refractivity contribution in [3.8, 4) is 33.9 Å². The second kappa shape index (κ2) is 16.6. The van der Waals surface area contributed by atoms with Crippen LogP contribution in [-0.4, -0.2) is 63.7 Å². The summed E-state index contributed by atoms with van der Waals surface area (Å²) in [4.78, 5) is 36.5. The van der Waals surface area contributed by atoms with Crippen LogP contribution in [-0.2, 0) is 30.7 Å². The maximum Gasteiger partial charge on any atom is 0.298 e. The molecule has 14 heteroatoms. The van der Waals surface area contributed by atoms with E-state index >= 15 is 0 Å². The number of phenols is 1. The van der Waals surface area contributed by atoms with Crippen LogP contribution < -0.4 is 20.6 Å². The third kappa shape index (κ3) is 9.37. The number of sulfonamides is 1. The smallest absolute Gasteiger partial charge is 0.298 e. The van der Waals surface area contributed by atoms with Gasteiger partial charge in [-0.05, 0) is 77.9 Å². The van der Waals surface area contributed by atoms with Crippen molar-refractivity contribution < 1.29 is 41.7 Å². The van der Waals surface area contributed by atoms with Gasteiger partial charge in [0.25, 0.3) is 12.4 Å². The van der Waals surface area contributed by atoms with E-state index in [0.717, 1.165) is 10.4 Å². The van der Waals surface area contributed by atoms with Crippen molar-refractivity contribution in [3.05, 3.63) is 100 Å². The van der Waals surface area contributed by atoms with Crippen molar-refractivity contribution in [2.45, 2.75) is 24.2 Å². The lowest BCUT2D eigenvalue weighted by molar-refractivity contribution is -0.120. The topological polar surface area (TPSA) is 184 Å². The predicted octanol–water partition coefficient (Wildman–Crippen LogP) is 4.61. The third-order valence-corrected chi connectivity index (χ3v) is 8.94. The van der Waals surface area contributed by atoms with Crippen LogP contribution in [0.5, 0.6) is 11.5 Å². The number of aromatic hydroxyl groups is 1. The molecule has 1 amide bonds. The Balaban J connectivity index is 1.07. The monoisotopic (exact) mass is 718 g/mol. The largest absolute Gasteiger partial charge is 0.508 e. The molecule has 50 heavy (non-hydrogen) atoms. The van der Waals surface area contributed by atoms with Crippen LogP contribution in [0.15, 0.2) is 93.0 Å². The van der Waals surface area contributed by atoms with Crippen molar-refractivity contribution in [3.63, 3.8) is 0 Å². The number of nitrogens with one attached hydrogen (secondary N) is 1. The minimum absolute atomic E-state index is 0.00645. The maximum atomic E-state index is 12.2. The van der Waals surface area contributed by atoms with Crippen molar-refractivity contribution in [1.82, 2.24) is 5.32 Å². The van der Waals surface area contributed by atoms with Crippen LogP contribution in [0.4, 0.5) is 0 Å². The molecule has 5 rings (SSSR count). The highest BCUT2D eigenvalue weighted by Crippen LogP contribution is 2.44. The fraction of sp³-hybridized carbons (Fsp3) is 0.222. The van der Waals surface area contributed by atoms with Gasteiger partial charge in [0.15, 0.2) is 5.43 Å². The van der Waals surface area contributed by atoms with E-state index in [1.54, 1.807) is 18.2 Å². The molecule has 260 valence electrons. The fourth-order valence-electron chi connectivity index (χ4n) is 5.33. The summed E-state index contributed by atoms with van der Waals surface area (Å²) in [6.07, 6.45) is 1.83. The number of rotatable bonds is 17. The molecule has 1 aliphatic heterocycles. The molecule has 0 radical (unpaired) electrons. The Labute approximate surface area is 293 Å². The van der Waals surface area contributed by atoms with Crippen LogP contribution >= 0.6 is 12.2 Å². The minimum Gasteiger partial charge on any atom is -0.508 e. The van der Waals surface area contributed by atoms with Crippen molar-refractivity contribution in [2.75, 3.05) is 33.0 Å². The number of hydrogen-bond donors (Lipinski definition) is 3. The lowest BCUT2D eigenvalue weighted by atomic mass is 9.92. The number of primary sulfonamides is 1. The average Bonchev–Trinajstić information content (AvgIpc) is 3.08. The summed E-state index contributed by atoms with van der Waals surface area (Å²) in [7, 11) is -3.82. The second-order valence-corrected chi connectivity index (χ2v) is 13.4. The maximum absolute atomic E-state index is 12.2. The first-order valence-electron chi connectivity index (χ1n) is 15.5. The Morgan fingerprint density at radius 3 is 2.40 bits per heavy atom. The van der Waals surface area contributed by atoms with Gasteiger partial charge in [-0.25, -0.2) is 13.6 Å². The van der Waals surface area contributed by atoms with E-state index in [1.165, 1.54) is 48.5 Å². The van der Waals surface area contributed by atoms with Gasteiger partial charge < -0.3 is 29.1 Å². The standard InChI is InChI=1S/C36H34N2O10S2/c37-50(43,44)28-8-4-24(5-9-28)36(42)38-13-15-46-17-16-45-14-1-2-27(49)18-23-3-10-29(32(19-23)47-22-39)35-30-11-6-25(40)20-33(30)48-34-21-26(41)7-12-31(34)35/h3-12,19-22,40H,1-2,13-18H2,(H,38,42)(H2,37,43,44). The van der Waals surface area contributed by atoms with Crippen molar-refractivity contribution in [1.29, 1.82) is 0 Å². The number of ether oxygens (including phenoxy) is 3. The summed E-state index contributed by atoms with van der Waals surface area (Å²) in [6.45, 7) is 2.10. The molecule has 0 spiro atoms. The number of phenolic OH excluding ortho intramolecular Hbond substituents is 1. The first-order valence-corrected chi connectivity index (χ1v) is 17.5. The molecule has 0 saturated carbocycles. The summed E-state index contributed by atoms with van der Waals surface area (Å²) in [5.74, 6) is 0.295. The molecule has 12 nitrogen and oxygen atoms in total. The normalized spacial score (nSPS) is 11.5. The molecule has 4 N–H and O–H groups in total. The molecule has 0 aromatic heterocycles. The Morgan fingerprint density at radius 2 is 1.66 bits per heavy atom. The SMILES string of the molecule is NS(=O)(=O)c1ccc(C(=O)NCCOCCOCCCC(=S)Cc2ccc(-c3c4ccc(=O)cc-4oc4cc(O)ccc34)c(OC=O)c2)cc1. The van der Waals surface area contributed by atoms with Crippen molar-refractivity contribution >= 4 is 50.5 Å². The van der Waals surface area contributed by atoms with E-state index in [2.05, 4.69) is 5.32 Å². The predicted molar refractivity (Wildman–Crippen MR) is 190 cm³/mol. The molecular formula is C36H34N2O10S2. The number of nitrogens with two attached hydrogens (primary N) is 1. The molecule has 3 aromatic carbocycles. The number of fused-ring (bicyclic) bond motifs is 2. The van der Waals surface area contributed by atoms with Gasteiger partial charge in [0.1, 0.15) is 22.8 Å². The van der Waals surface area contributed by atoms with Crippen LogP contribution in [0.3, 0.4) is 0 Å². The molecule has 0 unspecified atom stereocenters. The van der Waals surface area contributed by atoms with E-state index in [4.69, 9.17) is 36.0 Å². The van der Waals surface area contributed by atoms with Gasteiger partial charge in [-0.2, -0.15) is 0 Å². The number of hydrogen-bond acceptors (Lipinski definition) is 11. The van der Waals surface area contributed by atoms with Gasteiger partial charge in [0.05, 0.1) is 24.7 Å².